The highest BCUT2D eigenvalue weighted by Gasteiger charge is 2.20. The number of likely N-dealkylation sites (tertiary alicyclic amines) is 1. The van der Waals surface area contributed by atoms with Crippen molar-refractivity contribution < 1.29 is 9.84 Å². The Morgan fingerprint density at radius 1 is 1.46 bits per heavy atom. The average Bonchev–Trinajstić information content (AvgIpc) is 2.19. The zero-order chi connectivity index (χ0) is 9.52. The Hall–Kier alpha value is -0.120. The molecule has 1 aliphatic rings. The summed E-state index contributed by atoms with van der Waals surface area (Å²) in [7, 11) is 1.74. The molecule has 0 saturated carbocycles. The maximum Gasteiger partial charge on any atom is 0.0586 e. The van der Waals surface area contributed by atoms with Crippen LogP contribution in [0.1, 0.15) is 25.7 Å². The SMILES string of the molecule is COCCCN1CCCCC1CO. The van der Waals surface area contributed by atoms with Gasteiger partial charge < -0.3 is 9.84 Å². The zero-order valence-electron chi connectivity index (χ0n) is 8.54. The first-order chi connectivity index (χ1) is 6.38. The molecule has 0 amide bonds. The molecule has 1 unspecified atom stereocenters. The van der Waals surface area contributed by atoms with E-state index in [0.29, 0.717) is 12.6 Å². The van der Waals surface area contributed by atoms with E-state index in [1.807, 2.05) is 0 Å². The molecule has 3 heteroatoms. The van der Waals surface area contributed by atoms with Crippen LogP contribution in [0.2, 0.25) is 0 Å². The van der Waals surface area contributed by atoms with Gasteiger partial charge in [-0.15, -0.1) is 0 Å². The number of rotatable bonds is 5. The predicted octanol–water partition coefficient (Wildman–Crippen LogP) is 0.870. The fourth-order valence-corrected chi connectivity index (χ4v) is 1.97. The molecule has 1 aliphatic heterocycles. The van der Waals surface area contributed by atoms with Crippen molar-refractivity contribution in [2.45, 2.75) is 31.7 Å². The Bertz CT molecular complexity index is 130. The molecule has 1 atom stereocenters. The van der Waals surface area contributed by atoms with Crippen LogP contribution in [0.3, 0.4) is 0 Å². The molecule has 1 fully saturated rings. The molecule has 0 spiro atoms. The van der Waals surface area contributed by atoms with Gasteiger partial charge in [-0.2, -0.15) is 0 Å². The fraction of sp³-hybridized carbons (Fsp3) is 1.00. The van der Waals surface area contributed by atoms with Crippen LogP contribution in [0.25, 0.3) is 0 Å². The van der Waals surface area contributed by atoms with Crippen LogP contribution >= 0.6 is 0 Å². The van der Waals surface area contributed by atoms with Crippen molar-refractivity contribution >= 4 is 0 Å². The number of aliphatic hydroxyl groups excluding tert-OH is 1. The molecule has 0 aliphatic carbocycles. The first-order valence-electron chi connectivity index (χ1n) is 5.22. The van der Waals surface area contributed by atoms with Gasteiger partial charge in [-0.05, 0) is 25.8 Å². The lowest BCUT2D eigenvalue weighted by atomic mass is 10.0. The van der Waals surface area contributed by atoms with E-state index in [1.165, 1.54) is 12.8 Å². The molecule has 3 nitrogen and oxygen atoms in total. The topological polar surface area (TPSA) is 32.7 Å². The Balaban J connectivity index is 2.19. The van der Waals surface area contributed by atoms with Gasteiger partial charge in [0.05, 0.1) is 6.61 Å². The standard InChI is InChI=1S/C10H21NO2/c1-13-8-4-7-11-6-3-2-5-10(11)9-12/h10,12H,2-9H2,1H3. The summed E-state index contributed by atoms with van der Waals surface area (Å²) in [5.74, 6) is 0. The summed E-state index contributed by atoms with van der Waals surface area (Å²) in [6, 6.07) is 0.408. The predicted molar refractivity (Wildman–Crippen MR) is 52.8 cm³/mol. The molecule has 0 aromatic carbocycles. The van der Waals surface area contributed by atoms with E-state index in [-0.39, 0.29) is 0 Å². The Morgan fingerprint density at radius 3 is 3.00 bits per heavy atom. The van der Waals surface area contributed by atoms with Gasteiger partial charge in [0.1, 0.15) is 0 Å². The van der Waals surface area contributed by atoms with Crippen LogP contribution < -0.4 is 0 Å². The highest BCUT2D eigenvalue weighted by Crippen LogP contribution is 2.16. The molecule has 0 aromatic heterocycles. The monoisotopic (exact) mass is 187 g/mol. The van der Waals surface area contributed by atoms with Crippen molar-refractivity contribution in [3.05, 3.63) is 0 Å². The first-order valence-corrected chi connectivity index (χ1v) is 5.22. The lowest BCUT2D eigenvalue weighted by molar-refractivity contribution is 0.0797. The number of hydrogen-bond acceptors (Lipinski definition) is 3. The third kappa shape index (κ3) is 3.63. The van der Waals surface area contributed by atoms with Crippen LogP contribution in [0.4, 0.5) is 0 Å². The third-order valence-electron chi connectivity index (χ3n) is 2.75. The third-order valence-corrected chi connectivity index (χ3v) is 2.75. The molecule has 78 valence electrons. The van der Waals surface area contributed by atoms with Crippen LogP contribution in [0, 0.1) is 0 Å². The molecule has 13 heavy (non-hydrogen) atoms. The summed E-state index contributed by atoms with van der Waals surface area (Å²) in [5.41, 5.74) is 0. The minimum absolute atomic E-state index is 0.312. The number of nitrogens with zero attached hydrogens (tertiary/aromatic N) is 1. The van der Waals surface area contributed by atoms with E-state index < -0.39 is 0 Å². The van der Waals surface area contributed by atoms with E-state index in [4.69, 9.17) is 9.84 Å². The highest BCUT2D eigenvalue weighted by atomic mass is 16.5. The summed E-state index contributed by atoms with van der Waals surface area (Å²) >= 11 is 0. The molecule has 1 heterocycles. The van der Waals surface area contributed by atoms with Crippen LogP contribution in [0.5, 0.6) is 0 Å². The molecule has 1 saturated heterocycles. The van der Waals surface area contributed by atoms with Gasteiger partial charge in [-0.1, -0.05) is 6.42 Å². The molecular formula is C10H21NO2. The Labute approximate surface area is 80.7 Å². The average molecular weight is 187 g/mol. The van der Waals surface area contributed by atoms with Gasteiger partial charge >= 0.3 is 0 Å². The molecule has 0 bridgehead atoms. The maximum atomic E-state index is 9.15. The van der Waals surface area contributed by atoms with E-state index in [0.717, 1.165) is 32.5 Å². The van der Waals surface area contributed by atoms with Gasteiger partial charge in [0.2, 0.25) is 0 Å². The Kier molecular flexibility index (Phi) is 5.35. The highest BCUT2D eigenvalue weighted by molar-refractivity contribution is 4.75. The second-order valence-electron chi connectivity index (χ2n) is 3.71. The van der Waals surface area contributed by atoms with Crippen molar-refractivity contribution in [2.75, 3.05) is 33.4 Å². The number of aliphatic hydroxyl groups is 1. The summed E-state index contributed by atoms with van der Waals surface area (Å²) in [6.45, 7) is 3.36. The smallest absolute Gasteiger partial charge is 0.0586 e. The maximum absolute atomic E-state index is 9.15. The van der Waals surface area contributed by atoms with Gasteiger partial charge in [0.25, 0.3) is 0 Å². The van der Waals surface area contributed by atoms with Crippen molar-refractivity contribution in [2.24, 2.45) is 0 Å². The molecule has 0 radical (unpaired) electrons. The van der Waals surface area contributed by atoms with Gasteiger partial charge in [0, 0.05) is 26.3 Å². The summed E-state index contributed by atoms with van der Waals surface area (Å²) in [4.78, 5) is 2.39. The zero-order valence-corrected chi connectivity index (χ0v) is 8.54. The van der Waals surface area contributed by atoms with Crippen LogP contribution in [-0.2, 0) is 4.74 Å². The second kappa shape index (κ2) is 6.35. The summed E-state index contributed by atoms with van der Waals surface area (Å²) in [6.07, 6.45) is 4.78. The van der Waals surface area contributed by atoms with Crippen LogP contribution in [0.15, 0.2) is 0 Å². The Morgan fingerprint density at radius 2 is 2.31 bits per heavy atom. The largest absolute Gasteiger partial charge is 0.395 e. The molecule has 1 rings (SSSR count). The number of piperidine rings is 1. The second-order valence-corrected chi connectivity index (χ2v) is 3.71. The normalized spacial score (nSPS) is 24.9. The van der Waals surface area contributed by atoms with Crippen molar-refractivity contribution in [1.29, 1.82) is 0 Å². The minimum atomic E-state index is 0.312. The van der Waals surface area contributed by atoms with Crippen molar-refractivity contribution in [3.8, 4) is 0 Å². The molecule has 1 N–H and O–H groups in total. The van der Waals surface area contributed by atoms with E-state index in [1.54, 1.807) is 7.11 Å². The number of hydrogen-bond donors (Lipinski definition) is 1. The number of ether oxygens (including phenoxy) is 1. The lowest BCUT2D eigenvalue weighted by Gasteiger charge is -2.34. The quantitative estimate of drug-likeness (QED) is 0.648. The van der Waals surface area contributed by atoms with Gasteiger partial charge in [0.15, 0.2) is 0 Å². The molecular weight excluding hydrogens is 166 g/mol. The van der Waals surface area contributed by atoms with Gasteiger partial charge in [-0.25, -0.2) is 0 Å². The lowest BCUT2D eigenvalue weighted by Crippen LogP contribution is -2.42. The fourth-order valence-electron chi connectivity index (χ4n) is 1.97. The van der Waals surface area contributed by atoms with E-state index in [2.05, 4.69) is 4.90 Å². The molecule has 0 aromatic rings. The minimum Gasteiger partial charge on any atom is -0.395 e. The first kappa shape index (κ1) is 11.0. The van der Waals surface area contributed by atoms with E-state index in [9.17, 15) is 0 Å². The number of methoxy groups -OCH3 is 1. The van der Waals surface area contributed by atoms with Crippen molar-refractivity contribution in [1.82, 2.24) is 4.90 Å². The van der Waals surface area contributed by atoms with Crippen molar-refractivity contribution in [3.63, 3.8) is 0 Å². The van der Waals surface area contributed by atoms with E-state index >= 15 is 0 Å². The summed E-state index contributed by atoms with van der Waals surface area (Å²) < 4.78 is 5.01. The van der Waals surface area contributed by atoms with Gasteiger partial charge in [-0.3, -0.25) is 4.90 Å². The van der Waals surface area contributed by atoms with Crippen LogP contribution in [-0.4, -0.2) is 49.5 Å². The summed E-state index contributed by atoms with van der Waals surface area (Å²) in [5, 5.41) is 9.15.